The van der Waals surface area contributed by atoms with Gasteiger partial charge in [0.2, 0.25) is 0 Å². The Labute approximate surface area is 143 Å². The van der Waals surface area contributed by atoms with E-state index in [1.165, 1.54) is 11.1 Å². The Bertz CT molecular complexity index is 894. The molecule has 0 saturated heterocycles. The van der Waals surface area contributed by atoms with E-state index >= 15 is 0 Å². The highest BCUT2D eigenvalue weighted by atomic mass is 32.1. The summed E-state index contributed by atoms with van der Waals surface area (Å²) in [5.74, 6) is 0. The molecule has 0 unspecified atom stereocenters. The Balaban J connectivity index is 1.41. The van der Waals surface area contributed by atoms with Gasteiger partial charge in [-0.1, -0.05) is 0 Å². The van der Waals surface area contributed by atoms with Crippen molar-refractivity contribution in [1.82, 2.24) is 25.0 Å². The minimum atomic E-state index is 0.697. The standard InChI is InChI=1S/C17H16N6S/c1-4-18-5-2-13(1)10-23-11-16(9-21-23)19-7-15-8-20-22-17(15)14-3-6-24-12-14/h1-6,8-9,11-12,19H,7,10H2,(H,20,22). The molecule has 0 fully saturated rings. The average Bonchev–Trinajstić information content (AvgIpc) is 3.35. The SMILES string of the molecule is c1cc(Cn2cc(NCc3cn[nH]c3-c3ccsc3)cn2)ccn1. The zero-order valence-corrected chi connectivity index (χ0v) is 13.7. The van der Waals surface area contributed by atoms with Crippen LogP contribution >= 0.6 is 11.3 Å². The first-order chi connectivity index (χ1) is 11.9. The van der Waals surface area contributed by atoms with Crippen molar-refractivity contribution >= 4 is 17.0 Å². The number of nitrogens with zero attached hydrogens (tertiary/aromatic N) is 4. The molecule has 0 radical (unpaired) electrons. The normalized spacial score (nSPS) is 10.8. The summed E-state index contributed by atoms with van der Waals surface area (Å²) in [7, 11) is 0. The van der Waals surface area contributed by atoms with Crippen LogP contribution in [0.3, 0.4) is 0 Å². The summed E-state index contributed by atoms with van der Waals surface area (Å²) < 4.78 is 1.91. The minimum absolute atomic E-state index is 0.697. The summed E-state index contributed by atoms with van der Waals surface area (Å²) in [4.78, 5) is 4.03. The number of aromatic nitrogens is 5. The molecular formula is C17H16N6S. The number of thiophene rings is 1. The van der Waals surface area contributed by atoms with Crippen LogP contribution in [0.1, 0.15) is 11.1 Å². The molecule has 6 nitrogen and oxygen atoms in total. The van der Waals surface area contributed by atoms with Crippen molar-refractivity contribution in [3.8, 4) is 11.3 Å². The number of hydrogen-bond acceptors (Lipinski definition) is 5. The van der Waals surface area contributed by atoms with E-state index < -0.39 is 0 Å². The Kier molecular flexibility index (Phi) is 4.07. The van der Waals surface area contributed by atoms with Crippen LogP contribution in [0.25, 0.3) is 11.3 Å². The van der Waals surface area contributed by atoms with Crippen LogP contribution in [0.4, 0.5) is 5.69 Å². The van der Waals surface area contributed by atoms with Gasteiger partial charge in [0.25, 0.3) is 0 Å². The monoisotopic (exact) mass is 336 g/mol. The molecule has 4 aromatic heterocycles. The summed E-state index contributed by atoms with van der Waals surface area (Å²) in [5.41, 5.74) is 5.53. The van der Waals surface area contributed by atoms with E-state index in [0.717, 1.165) is 23.5 Å². The predicted octanol–water partition coefficient (Wildman–Crippen LogP) is 3.39. The fraction of sp³-hybridized carbons (Fsp3) is 0.118. The molecule has 0 aliphatic heterocycles. The Morgan fingerprint density at radius 2 is 2.08 bits per heavy atom. The molecule has 0 amide bonds. The van der Waals surface area contributed by atoms with E-state index in [1.807, 2.05) is 35.4 Å². The van der Waals surface area contributed by atoms with Gasteiger partial charge >= 0.3 is 0 Å². The summed E-state index contributed by atoms with van der Waals surface area (Å²) in [6.45, 7) is 1.43. The number of rotatable bonds is 6. The van der Waals surface area contributed by atoms with Gasteiger partial charge in [-0.2, -0.15) is 21.5 Å². The lowest BCUT2D eigenvalue weighted by Crippen LogP contribution is -2.01. The molecular weight excluding hydrogens is 320 g/mol. The van der Waals surface area contributed by atoms with Gasteiger partial charge in [-0.15, -0.1) is 0 Å². The minimum Gasteiger partial charge on any atom is -0.378 e. The van der Waals surface area contributed by atoms with Crippen LogP contribution in [0, 0.1) is 0 Å². The first kappa shape index (κ1) is 14.6. The van der Waals surface area contributed by atoms with Crippen LogP contribution in [0.5, 0.6) is 0 Å². The van der Waals surface area contributed by atoms with E-state index in [4.69, 9.17) is 0 Å². The van der Waals surface area contributed by atoms with E-state index in [2.05, 4.69) is 42.4 Å². The molecule has 0 spiro atoms. The molecule has 24 heavy (non-hydrogen) atoms. The van der Waals surface area contributed by atoms with Gasteiger partial charge in [-0.05, 0) is 29.1 Å². The van der Waals surface area contributed by atoms with E-state index in [0.29, 0.717) is 6.54 Å². The molecule has 4 aromatic rings. The highest BCUT2D eigenvalue weighted by Crippen LogP contribution is 2.24. The zero-order chi connectivity index (χ0) is 16.2. The van der Waals surface area contributed by atoms with Gasteiger partial charge in [0.05, 0.1) is 30.3 Å². The molecule has 2 N–H and O–H groups in total. The lowest BCUT2D eigenvalue weighted by Gasteiger charge is -2.04. The number of pyridine rings is 1. The van der Waals surface area contributed by atoms with E-state index in [1.54, 1.807) is 23.7 Å². The third kappa shape index (κ3) is 3.21. The van der Waals surface area contributed by atoms with Gasteiger partial charge < -0.3 is 5.32 Å². The molecule has 0 bridgehead atoms. The molecule has 0 aliphatic rings. The first-order valence-electron chi connectivity index (χ1n) is 7.58. The summed E-state index contributed by atoms with van der Waals surface area (Å²) in [6.07, 6.45) is 9.30. The van der Waals surface area contributed by atoms with Gasteiger partial charge in [0, 0.05) is 41.6 Å². The highest BCUT2D eigenvalue weighted by Gasteiger charge is 2.08. The van der Waals surface area contributed by atoms with Crippen LogP contribution in [0.2, 0.25) is 0 Å². The molecule has 4 rings (SSSR count). The molecule has 0 aliphatic carbocycles. The third-order valence-corrected chi connectivity index (χ3v) is 4.42. The van der Waals surface area contributed by atoms with Gasteiger partial charge in [0.15, 0.2) is 0 Å². The second-order valence-corrected chi connectivity index (χ2v) is 6.20. The number of anilines is 1. The third-order valence-electron chi connectivity index (χ3n) is 3.74. The maximum absolute atomic E-state index is 4.40. The Morgan fingerprint density at radius 1 is 1.17 bits per heavy atom. The Morgan fingerprint density at radius 3 is 2.92 bits per heavy atom. The predicted molar refractivity (Wildman–Crippen MR) is 94.8 cm³/mol. The topological polar surface area (TPSA) is 71.4 Å². The number of H-pyrrole nitrogens is 1. The van der Waals surface area contributed by atoms with Crippen LogP contribution < -0.4 is 5.32 Å². The molecule has 0 saturated carbocycles. The molecule has 4 heterocycles. The number of aromatic amines is 1. The molecule has 7 heteroatoms. The smallest absolute Gasteiger partial charge is 0.0729 e. The largest absolute Gasteiger partial charge is 0.378 e. The fourth-order valence-electron chi connectivity index (χ4n) is 2.52. The maximum atomic E-state index is 4.40. The maximum Gasteiger partial charge on any atom is 0.0729 e. The van der Waals surface area contributed by atoms with Crippen LogP contribution in [-0.2, 0) is 13.1 Å². The highest BCUT2D eigenvalue weighted by molar-refractivity contribution is 7.08. The average molecular weight is 336 g/mol. The van der Waals surface area contributed by atoms with Crippen molar-refractivity contribution < 1.29 is 0 Å². The fourth-order valence-corrected chi connectivity index (χ4v) is 3.16. The Hall–Kier alpha value is -2.93. The molecule has 0 atom stereocenters. The second kappa shape index (κ2) is 6.67. The van der Waals surface area contributed by atoms with Crippen molar-refractivity contribution in [2.45, 2.75) is 13.1 Å². The van der Waals surface area contributed by atoms with E-state index in [-0.39, 0.29) is 0 Å². The molecule has 0 aromatic carbocycles. The molecule has 120 valence electrons. The van der Waals surface area contributed by atoms with Gasteiger partial charge in [-0.3, -0.25) is 14.8 Å². The van der Waals surface area contributed by atoms with Crippen molar-refractivity contribution in [2.75, 3.05) is 5.32 Å². The lowest BCUT2D eigenvalue weighted by atomic mass is 10.1. The first-order valence-corrected chi connectivity index (χ1v) is 8.53. The van der Waals surface area contributed by atoms with Crippen LogP contribution in [0.15, 0.2) is 59.9 Å². The lowest BCUT2D eigenvalue weighted by molar-refractivity contribution is 0.686. The summed E-state index contributed by atoms with van der Waals surface area (Å²) in [5, 5.41) is 19.2. The number of hydrogen-bond donors (Lipinski definition) is 2. The van der Waals surface area contributed by atoms with Crippen molar-refractivity contribution in [2.24, 2.45) is 0 Å². The zero-order valence-electron chi connectivity index (χ0n) is 12.9. The van der Waals surface area contributed by atoms with Crippen molar-refractivity contribution in [3.05, 3.63) is 71.1 Å². The van der Waals surface area contributed by atoms with E-state index in [9.17, 15) is 0 Å². The van der Waals surface area contributed by atoms with Crippen LogP contribution in [-0.4, -0.2) is 25.0 Å². The van der Waals surface area contributed by atoms with Gasteiger partial charge in [0.1, 0.15) is 0 Å². The summed E-state index contributed by atoms with van der Waals surface area (Å²) in [6, 6.07) is 6.08. The van der Waals surface area contributed by atoms with Gasteiger partial charge in [-0.25, -0.2) is 0 Å². The van der Waals surface area contributed by atoms with Crippen molar-refractivity contribution in [3.63, 3.8) is 0 Å². The number of nitrogens with one attached hydrogen (secondary N) is 2. The summed E-state index contributed by atoms with van der Waals surface area (Å²) >= 11 is 1.68. The second-order valence-electron chi connectivity index (χ2n) is 5.42. The van der Waals surface area contributed by atoms with Crippen molar-refractivity contribution in [1.29, 1.82) is 0 Å². The quantitative estimate of drug-likeness (QED) is 0.566.